The Hall–Kier alpha value is -4.04. The van der Waals surface area contributed by atoms with Crippen molar-refractivity contribution in [3.8, 4) is 11.4 Å². The van der Waals surface area contributed by atoms with Crippen LogP contribution in [0.1, 0.15) is 44.7 Å². The summed E-state index contributed by atoms with van der Waals surface area (Å²) >= 11 is 0. The van der Waals surface area contributed by atoms with Gasteiger partial charge in [-0.1, -0.05) is 19.1 Å². The van der Waals surface area contributed by atoms with Crippen molar-refractivity contribution in [1.29, 1.82) is 0 Å². The second-order valence-electron chi connectivity index (χ2n) is 9.95. The van der Waals surface area contributed by atoms with E-state index in [0.717, 1.165) is 16.7 Å². The van der Waals surface area contributed by atoms with E-state index in [1.54, 1.807) is 13.8 Å². The maximum absolute atomic E-state index is 13.6. The molecule has 0 radical (unpaired) electrons. The number of esters is 1. The second-order valence-corrected chi connectivity index (χ2v) is 12.5. The summed E-state index contributed by atoms with van der Waals surface area (Å²) in [7, 11) is -5.81. The first-order chi connectivity index (χ1) is 21.2. The van der Waals surface area contributed by atoms with Crippen molar-refractivity contribution >= 4 is 33.4 Å². The zero-order valence-electron chi connectivity index (χ0n) is 24.3. The summed E-state index contributed by atoms with van der Waals surface area (Å²) < 4.78 is 77.2. The number of fused-ring (bicyclic) bond motifs is 1. The third-order valence-corrected chi connectivity index (χ3v) is 8.80. The average molecular weight is 672 g/mol. The molecule has 3 atom stereocenters. The van der Waals surface area contributed by atoms with Crippen LogP contribution >= 0.6 is 16.3 Å². The molecule has 4 aromatic rings. The van der Waals surface area contributed by atoms with Crippen molar-refractivity contribution in [3.05, 3.63) is 68.6 Å². The van der Waals surface area contributed by atoms with E-state index in [1.165, 1.54) is 45.3 Å². The van der Waals surface area contributed by atoms with Gasteiger partial charge in [0, 0.05) is 23.9 Å². The van der Waals surface area contributed by atoms with Gasteiger partial charge in [0.15, 0.2) is 23.6 Å². The minimum atomic E-state index is -4.52. The molecular weight excluding hydrogens is 643 g/mol. The van der Waals surface area contributed by atoms with E-state index in [1.807, 2.05) is 0 Å². The summed E-state index contributed by atoms with van der Waals surface area (Å²) in [6, 6.07) is 4.76. The molecule has 19 heteroatoms. The van der Waals surface area contributed by atoms with Gasteiger partial charge in [-0.15, -0.1) is 4.89 Å². The van der Waals surface area contributed by atoms with E-state index in [9.17, 15) is 36.7 Å². The lowest BCUT2D eigenvalue weighted by Gasteiger charge is -2.12. The van der Waals surface area contributed by atoms with Gasteiger partial charge in [-0.05, 0) is 42.5 Å². The average Bonchev–Trinajstić information content (AvgIpc) is 3.58. The van der Waals surface area contributed by atoms with Crippen LogP contribution in [-0.2, 0) is 55.5 Å². The predicted octanol–water partition coefficient (Wildman–Crippen LogP) is 4.41. The van der Waals surface area contributed by atoms with Crippen molar-refractivity contribution in [2.75, 3.05) is 0 Å². The van der Waals surface area contributed by atoms with E-state index in [0.29, 0.717) is 17.5 Å². The minimum Gasteiger partial charge on any atom is -0.444 e. The van der Waals surface area contributed by atoms with E-state index in [2.05, 4.69) is 14.4 Å². The summed E-state index contributed by atoms with van der Waals surface area (Å²) in [5.74, 6) is -0.783. The van der Waals surface area contributed by atoms with E-state index in [4.69, 9.17) is 9.63 Å². The SMILES string of the molecule is CCCn1c(=O)c2c(nc(-c3cnn(Cc4cccc(C(F)(F)F)c4)c3)n2COC(=O)CC(C)[P+](=O)O[P+](=O)O)n(CC)c1=O. The van der Waals surface area contributed by atoms with Gasteiger partial charge in [-0.2, -0.15) is 18.3 Å². The molecule has 0 aliphatic rings. The van der Waals surface area contributed by atoms with Gasteiger partial charge >= 0.3 is 34.1 Å². The third kappa shape index (κ3) is 7.61. The van der Waals surface area contributed by atoms with E-state index in [-0.39, 0.29) is 36.6 Å². The lowest BCUT2D eigenvalue weighted by atomic mass is 10.1. The molecule has 3 heterocycles. The van der Waals surface area contributed by atoms with Gasteiger partial charge in [0.2, 0.25) is 0 Å². The third-order valence-electron chi connectivity index (χ3n) is 6.70. The highest BCUT2D eigenvalue weighted by Crippen LogP contribution is 2.40. The van der Waals surface area contributed by atoms with Crippen LogP contribution in [0.3, 0.4) is 0 Å². The Morgan fingerprint density at radius 2 is 1.87 bits per heavy atom. The fraction of sp³-hybridized carbons (Fsp3) is 0.423. The fourth-order valence-electron chi connectivity index (χ4n) is 4.60. The molecule has 0 saturated carbocycles. The number of carbonyl (C=O) groups excluding carboxylic acids is 1. The molecule has 4 rings (SSSR count). The van der Waals surface area contributed by atoms with Gasteiger partial charge in [0.25, 0.3) is 5.56 Å². The number of benzene rings is 1. The Kier molecular flexibility index (Phi) is 10.5. The standard InChI is InChI=1S/C26H28F3N6O8P2/c1-4-9-34-24(37)21-23(33(5-2)25(34)38)31-22(35(21)15-42-20(36)10-16(3)44(39)43-45(40)41)18-12-30-32(14-18)13-17-7-6-8-19(11-17)26(27,28)29/h6-8,11-12,14,16H,4-5,9-10,13,15H2,1-3H3/q+1/p+1. The molecule has 3 aromatic heterocycles. The van der Waals surface area contributed by atoms with Crippen LogP contribution in [0.4, 0.5) is 13.2 Å². The summed E-state index contributed by atoms with van der Waals surface area (Å²) in [6.07, 6.45) is -1.65. The summed E-state index contributed by atoms with van der Waals surface area (Å²) in [5, 5.41) is 4.23. The first kappa shape index (κ1) is 33.8. The number of hydrogen-bond acceptors (Lipinski definition) is 9. The number of aromatic nitrogens is 6. The molecule has 1 N–H and O–H groups in total. The van der Waals surface area contributed by atoms with Crippen molar-refractivity contribution in [1.82, 2.24) is 28.5 Å². The Bertz CT molecular complexity index is 1880. The topological polar surface area (TPSA) is 170 Å². The Morgan fingerprint density at radius 3 is 2.51 bits per heavy atom. The normalized spacial score (nSPS) is 13.2. The van der Waals surface area contributed by atoms with Gasteiger partial charge in [0.05, 0.1) is 30.3 Å². The van der Waals surface area contributed by atoms with Gasteiger partial charge in [-0.3, -0.25) is 28.0 Å². The number of alkyl halides is 3. The van der Waals surface area contributed by atoms with Crippen LogP contribution in [0, 0.1) is 0 Å². The second kappa shape index (κ2) is 13.9. The van der Waals surface area contributed by atoms with Crippen molar-refractivity contribution in [2.24, 2.45) is 0 Å². The Labute approximate surface area is 254 Å². The molecule has 0 aliphatic carbocycles. The van der Waals surface area contributed by atoms with Crippen molar-refractivity contribution < 1.29 is 41.0 Å². The van der Waals surface area contributed by atoms with Crippen LogP contribution in [0.2, 0.25) is 0 Å². The molecule has 3 unspecified atom stereocenters. The molecular formula is C26H29F3N6O8P2+2. The molecule has 0 amide bonds. The van der Waals surface area contributed by atoms with Crippen LogP contribution in [0.5, 0.6) is 0 Å². The lowest BCUT2D eigenvalue weighted by molar-refractivity contribution is -0.147. The highest BCUT2D eigenvalue weighted by molar-refractivity contribution is 7.50. The van der Waals surface area contributed by atoms with Gasteiger partial charge in [0.1, 0.15) is 10.1 Å². The van der Waals surface area contributed by atoms with E-state index < -0.39 is 64.1 Å². The fourth-order valence-corrected chi connectivity index (χ4v) is 6.09. The lowest BCUT2D eigenvalue weighted by Crippen LogP contribution is -2.40. The summed E-state index contributed by atoms with van der Waals surface area (Å²) in [5.41, 5.74) is -2.43. The summed E-state index contributed by atoms with van der Waals surface area (Å²) in [4.78, 5) is 52.7. The van der Waals surface area contributed by atoms with Crippen LogP contribution < -0.4 is 11.2 Å². The Balaban J connectivity index is 1.75. The first-order valence-electron chi connectivity index (χ1n) is 13.6. The number of hydrogen-bond donors (Lipinski definition) is 1. The van der Waals surface area contributed by atoms with Gasteiger partial charge in [-0.25, -0.2) is 9.78 Å². The molecule has 0 fully saturated rings. The zero-order chi connectivity index (χ0) is 33.1. The number of nitrogens with zero attached hydrogens (tertiary/aromatic N) is 6. The number of halogens is 3. The number of carbonyl (C=O) groups is 1. The maximum atomic E-state index is 13.6. The molecule has 0 spiro atoms. The maximum Gasteiger partial charge on any atom is 0.742 e. The monoisotopic (exact) mass is 672 g/mol. The molecule has 0 bridgehead atoms. The zero-order valence-corrected chi connectivity index (χ0v) is 26.1. The molecule has 240 valence electrons. The number of rotatable bonds is 13. The Morgan fingerprint density at radius 1 is 1.13 bits per heavy atom. The van der Waals surface area contributed by atoms with E-state index >= 15 is 0 Å². The molecule has 0 aliphatic heterocycles. The quantitative estimate of drug-likeness (QED) is 0.159. The highest BCUT2D eigenvalue weighted by Gasteiger charge is 2.41. The molecule has 0 saturated heterocycles. The van der Waals surface area contributed by atoms with Gasteiger partial charge < -0.3 is 4.74 Å². The van der Waals surface area contributed by atoms with Crippen molar-refractivity contribution in [2.45, 2.75) is 71.8 Å². The molecule has 14 nitrogen and oxygen atoms in total. The molecule has 45 heavy (non-hydrogen) atoms. The highest BCUT2D eigenvalue weighted by atomic mass is 31.2. The van der Waals surface area contributed by atoms with Crippen LogP contribution in [-0.4, -0.2) is 45.0 Å². The summed E-state index contributed by atoms with van der Waals surface area (Å²) in [6.45, 7) is 4.52. The molecule has 1 aromatic carbocycles. The van der Waals surface area contributed by atoms with Crippen LogP contribution in [0.15, 0.2) is 46.2 Å². The minimum absolute atomic E-state index is 0.0214. The first-order valence-corrected chi connectivity index (χ1v) is 16.0. The largest absolute Gasteiger partial charge is 0.742 e. The smallest absolute Gasteiger partial charge is 0.444 e. The predicted molar refractivity (Wildman–Crippen MR) is 155 cm³/mol. The number of ether oxygens (including phenoxy) is 1. The van der Waals surface area contributed by atoms with Crippen molar-refractivity contribution in [3.63, 3.8) is 0 Å². The van der Waals surface area contributed by atoms with Crippen LogP contribution in [0.25, 0.3) is 22.6 Å². The number of imidazole rings is 1. The number of aryl methyl sites for hydroxylation is 1.